The molecule has 108 valence electrons. The Morgan fingerprint density at radius 2 is 2.25 bits per heavy atom. The van der Waals surface area contributed by atoms with E-state index in [1.165, 1.54) is 11.8 Å². The molecule has 1 N–H and O–H groups in total. The molecular formula is C13H17N3O3S. The topological polar surface area (TPSA) is 81.2 Å². The molecule has 0 saturated heterocycles. The van der Waals surface area contributed by atoms with Gasteiger partial charge in [-0.05, 0) is 18.9 Å². The van der Waals surface area contributed by atoms with E-state index in [0.29, 0.717) is 11.1 Å². The predicted octanol–water partition coefficient (Wildman–Crippen LogP) is 2.68. The Labute approximate surface area is 121 Å². The number of rotatable bonds is 6. The Balaban J connectivity index is 2.37. The van der Waals surface area contributed by atoms with E-state index in [0.717, 1.165) is 23.7 Å². The van der Waals surface area contributed by atoms with Crippen LogP contribution >= 0.6 is 11.8 Å². The van der Waals surface area contributed by atoms with E-state index in [1.807, 2.05) is 17.6 Å². The molecule has 2 aromatic rings. The Morgan fingerprint density at radius 1 is 1.50 bits per heavy atom. The van der Waals surface area contributed by atoms with Crippen molar-refractivity contribution in [3.8, 4) is 11.4 Å². The standard InChI is InChI=1S/C13H17N3O3S/c1-8(2)6-16-12(10-4-5-19-9(10)3)14-15-13(16)20-7-11(17)18/h4-5,8H,6-7H2,1-3H3,(H,17,18). The molecule has 0 aliphatic rings. The summed E-state index contributed by atoms with van der Waals surface area (Å²) in [5.74, 6) is 1.01. The highest BCUT2D eigenvalue weighted by molar-refractivity contribution is 7.99. The van der Waals surface area contributed by atoms with E-state index in [-0.39, 0.29) is 5.75 Å². The van der Waals surface area contributed by atoms with Crippen LogP contribution in [0.3, 0.4) is 0 Å². The van der Waals surface area contributed by atoms with Gasteiger partial charge in [0.15, 0.2) is 11.0 Å². The lowest BCUT2D eigenvalue weighted by Crippen LogP contribution is -2.09. The smallest absolute Gasteiger partial charge is 0.313 e. The number of carbonyl (C=O) groups is 1. The van der Waals surface area contributed by atoms with Gasteiger partial charge in [-0.15, -0.1) is 10.2 Å². The minimum atomic E-state index is -0.866. The highest BCUT2D eigenvalue weighted by Crippen LogP contribution is 2.27. The molecule has 2 heterocycles. The minimum absolute atomic E-state index is 0.0272. The summed E-state index contributed by atoms with van der Waals surface area (Å²) in [6, 6.07) is 1.85. The van der Waals surface area contributed by atoms with Gasteiger partial charge in [0.2, 0.25) is 0 Å². The third-order valence-electron chi connectivity index (χ3n) is 2.69. The van der Waals surface area contributed by atoms with Gasteiger partial charge < -0.3 is 14.1 Å². The third-order valence-corrected chi connectivity index (χ3v) is 3.64. The first kappa shape index (κ1) is 14.6. The second kappa shape index (κ2) is 6.13. The largest absolute Gasteiger partial charge is 0.481 e. The lowest BCUT2D eigenvalue weighted by Gasteiger charge is -2.11. The van der Waals surface area contributed by atoms with Crippen LogP contribution in [-0.2, 0) is 11.3 Å². The molecule has 0 spiro atoms. The van der Waals surface area contributed by atoms with Gasteiger partial charge in [-0.3, -0.25) is 4.79 Å². The fraction of sp³-hybridized carbons (Fsp3) is 0.462. The number of hydrogen-bond donors (Lipinski definition) is 1. The van der Waals surface area contributed by atoms with E-state index >= 15 is 0 Å². The van der Waals surface area contributed by atoms with Crippen molar-refractivity contribution in [2.75, 3.05) is 5.75 Å². The van der Waals surface area contributed by atoms with Crippen LogP contribution in [0.4, 0.5) is 0 Å². The zero-order valence-electron chi connectivity index (χ0n) is 11.7. The third kappa shape index (κ3) is 3.22. The van der Waals surface area contributed by atoms with Gasteiger partial charge in [-0.1, -0.05) is 25.6 Å². The van der Waals surface area contributed by atoms with Gasteiger partial charge in [0.25, 0.3) is 0 Å². The first-order chi connectivity index (χ1) is 9.49. The molecule has 0 atom stereocenters. The Morgan fingerprint density at radius 3 is 2.80 bits per heavy atom. The molecular weight excluding hydrogens is 278 g/mol. The van der Waals surface area contributed by atoms with Crippen molar-refractivity contribution in [2.24, 2.45) is 5.92 Å². The highest BCUT2D eigenvalue weighted by Gasteiger charge is 2.18. The number of hydrogen-bond acceptors (Lipinski definition) is 5. The molecule has 0 amide bonds. The summed E-state index contributed by atoms with van der Waals surface area (Å²) in [5.41, 5.74) is 0.889. The summed E-state index contributed by atoms with van der Waals surface area (Å²) in [6.07, 6.45) is 1.61. The number of aromatic nitrogens is 3. The van der Waals surface area contributed by atoms with Crippen molar-refractivity contribution in [3.05, 3.63) is 18.1 Å². The van der Waals surface area contributed by atoms with Gasteiger partial charge in [-0.2, -0.15) is 0 Å². The average Bonchev–Trinajstić information content (AvgIpc) is 2.92. The van der Waals surface area contributed by atoms with Crippen LogP contribution in [0.15, 0.2) is 21.9 Å². The van der Waals surface area contributed by atoms with Crippen molar-refractivity contribution < 1.29 is 14.3 Å². The molecule has 2 aromatic heterocycles. The molecule has 0 aromatic carbocycles. The summed E-state index contributed by atoms with van der Waals surface area (Å²) >= 11 is 1.18. The van der Waals surface area contributed by atoms with Crippen LogP contribution in [0.2, 0.25) is 0 Å². The SMILES string of the molecule is Cc1occc1-c1nnc(SCC(=O)O)n1CC(C)C. The molecule has 0 aliphatic heterocycles. The normalized spacial score (nSPS) is 11.2. The summed E-state index contributed by atoms with van der Waals surface area (Å²) < 4.78 is 7.26. The van der Waals surface area contributed by atoms with Crippen LogP contribution in [0.1, 0.15) is 19.6 Å². The first-order valence-electron chi connectivity index (χ1n) is 6.31. The first-order valence-corrected chi connectivity index (χ1v) is 7.30. The highest BCUT2D eigenvalue weighted by atomic mass is 32.2. The van der Waals surface area contributed by atoms with E-state index < -0.39 is 5.97 Å². The summed E-state index contributed by atoms with van der Waals surface area (Å²) in [7, 11) is 0. The second-order valence-electron chi connectivity index (χ2n) is 4.88. The summed E-state index contributed by atoms with van der Waals surface area (Å²) in [4.78, 5) is 10.7. The number of aliphatic carboxylic acids is 1. The Hall–Kier alpha value is -1.76. The van der Waals surface area contributed by atoms with Crippen molar-refractivity contribution in [3.63, 3.8) is 0 Å². The molecule has 0 aliphatic carbocycles. The lowest BCUT2D eigenvalue weighted by molar-refractivity contribution is -0.133. The molecule has 0 unspecified atom stereocenters. The quantitative estimate of drug-likeness (QED) is 0.825. The summed E-state index contributed by atoms with van der Waals surface area (Å²) in [5, 5.41) is 17.7. The van der Waals surface area contributed by atoms with Crippen LogP contribution in [0, 0.1) is 12.8 Å². The minimum Gasteiger partial charge on any atom is -0.481 e. The maximum Gasteiger partial charge on any atom is 0.313 e. The van der Waals surface area contributed by atoms with Crippen LogP contribution in [0.25, 0.3) is 11.4 Å². The number of aryl methyl sites for hydroxylation is 1. The number of thioether (sulfide) groups is 1. The zero-order valence-corrected chi connectivity index (χ0v) is 12.5. The molecule has 0 saturated carbocycles. The van der Waals surface area contributed by atoms with Gasteiger partial charge in [0.1, 0.15) is 5.76 Å². The maximum absolute atomic E-state index is 10.7. The number of furan rings is 1. The monoisotopic (exact) mass is 295 g/mol. The summed E-state index contributed by atoms with van der Waals surface area (Å²) in [6.45, 7) is 6.79. The van der Waals surface area contributed by atoms with Crippen LogP contribution in [-0.4, -0.2) is 31.6 Å². The predicted molar refractivity (Wildman–Crippen MR) is 75.7 cm³/mol. The van der Waals surface area contributed by atoms with Gasteiger partial charge >= 0.3 is 5.97 Å². The van der Waals surface area contributed by atoms with Crippen LogP contribution < -0.4 is 0 Å². The molecule has 6 nitrogen and oxygen atoms in total. The molecule has 0 bridgehead atoms. The van der Waals surface area contributed by atoms with Crippen molar-refractivity contribution in [1.82, 2.24) is 14.8 Å². The average molecular weight is 295 g/mol. The number of nitrogens with zero attached hydrogens (tertiary/aromatic N) is 3. The van der Waals surface area contributed by atoms with E-state index in [1.54, 1.807) is 6.26 Å². The van der Waals surface area contributed by atoms with E-state index in [2.05, 4.69) is 24.0 Å². The lowest BCUT2D eigenvalue weighted by atomic mass is 10.2. The van der Waals surface area contributed by atoms with Crippen molar-refractivity contribution in [1.29, 1.82) is 0 Å². The van der Waals surface area contributed by atoms with Crippen LogP contribution in [0.5, 0.6) is 0 Å². The van der Waals surface area contributed by atoms with Gasteiger partial charge in [-0.25, -0.2) is 0 Å². The van der Waals surface area contributed by atoms with Gasteiger partial charge in [0.05, 0.1) is 17.6 Å². The van der Waals surface area contributed by atoms with Gasteiger partial charge in [0, 0.05) is 6.54 Å². The molecule has 7 heteroatoms. The van der Waals surface area contributed by atoms with Crippen molar-refractivity contribution >= 4 is 17.7 Å². The fourth-order valence-corrected chi connectivity index (χ4v) is 2.54. The van der Waals surface area contributed by atoms with E-state index in [9.17, 15) is 4.79 Å². The molecule has 0 fully saturated rings. The Bertz CT molecular complexity index is 604. The van der Waals surface area contributed by atoms with Crippen molar-refractivity contribution in [2.45, 2.75) is 32.5 Å². The Kier molecular flexibility index (Phi) is 4.49. The number of carboxylic acids is 1. The molecule has 20 heavy (non-hydrogen) atoms. The second-order valence-corrected chi connectivity index (χ2v) is 5.83. The molecule has 0 radical (unpaired) electrons. The fourth-order valence-electron chi connectivity index (χ4n) is 1.87. The maximum atomic E-state index is 10.7. The zero-order chi connectivity index (χ0) is 14.7. The number of carboxylic acid groups (broad SMARTS) is 1. The van der Waals surface area contributed by atoms with E-state index in [4.69, 9.17) is 9.52 Å². The molecule has 2 rings (SSSR count).